The lowest BCUT2D eigenvalue weighted by molar-refractivity contribution is -0.385. The molecule has 1 aromatic heterocycles. The second kappa shape index (κ2) is 6.91. The summed E-state index contributed by atoms with van der Waals surface area (Å²) in [5.74, 6) is 0. The van der Waals surface area contributed by atoms with Crippen LogP contribution in [-0.2, 0) is 16.6 Å². The van der Waals surface area contributed by atoms with E-state index in [0.717, 1.165) is 23.2 Å². The summed E-state index contributed by atoms with van der Waals surface area (Å²) in [4.78, 5) is 9.97. The number of nitro benzene ring substituents is 1. The van der Waals surface area contributed by atoms with E-state index in [-0.39, 0.29) is 15.4 Å². The van der Waals surface area contributed by atoms with Gasteiger partial charge in [-0.2, -0.15) is 8.42 Å². The molecule has 0 aliphatic carbocycles. The molecule has 0 fully saturated rings. The predicted octanol–water partition coefficient (Wildman–Crippen LogP) is 1.59. The summed E-state index contributed by atoms with van der Waals surface area (Å²) in [5.41, 5.74) is 0.584. The normalized spacial score (nSPS) is 12.2. The van der Waals surface area contributed by atoms with Gasteiger partial charge in [-0.3, -0.25) is 10.1 Å². The monoisotopic (exact) mass is 377 g/mol. The summed E-state index contributed by atoms with van der Waals surface area (Å²) in [6.45, 7) is 0.306. The zero-order valence-electron chi connectivity index (χ0n) is 12.6. The molecule has 2 aromatic carbocycles. The van der Waals surface area contributed by atoms with Gasteiger partial charge in [0.05, 0.1) is 16.4 Å². The first-order valence-electron chi connectivity index (χ1n) is 6.94. The Hall–Kier alpha value is -2.92. The molecule has 0 N–H and O–H groups in total. The smallest absolute Gasteiger partial charge is 0.258 e. The maximum atomic E-state index is 12.4. The van der Waals surface area contributed by atoms with Gasteiger partial charge in [-0.1, -0.05) is 46.1 Å². The van der Waals surface area contributed by atoms with Crippen molar-refractivity contribution in [1.82, 2.24) is 14.4 Å². The van der Waals surface area contributed by atoms with Crippen LogP contribution >= 0.6 is 11.5 Å². The minimum absolute atomic E-state index is 0.0790. The Kier molecular flexibility index (Phi) is 4.67. The fourth-order valence-electron chi connectivity index (χ4n) is 2.02. The summed E-state index contributed by atoms with van der Waals surface area (Å²) in [6.07, 6.45) is 0. The number of hydrogen-bond donors (Lipinski definition) is 0. The molecular weight excluding hydrogens is 366 g/mol. The van der Waals surface area contributed by atoms with Gasteiger partial charge in [0.1, 0.15) is 0 Å². The van der Waals surface area contributed by atoms with Gasteiger partial charge in [0.15, 0.2) is 0 Å². The molecular formula is C14H11N5O4S2. The maximum Gasteiger partial charge on any atom is 0.285 e. The molecule has 11 heteroatoms. The fourth-order valence-corrected chi connectivity index (χ4v) is 3.76. The quantitative estimate of drug-likeness (QED) is 0.492. The minimum atomic E-state index is -4.12. The summed E-state index contributed by atoms with van der Waals surface area (Å²) >= 11 is 0.823. The van der Waals surface area contributed by atoms with E-state index in [1.54, 1.807) is 0 Å². The number of aromatic nitrogens is 3. The van der Waals surface area contributed by atoms with E-state index in [2.05, 4.69) is 14.1 Å². The van der Waals surface area contributed by atoms with Crippen LogP contribution in [0.2, 0.25) is 0 Å². The van der Waals surface area contributed by atoms with Gasteiger partial charge < -0.3 is 0 Å². The van der Waals surface area contributed by atoms with Crippen molar-refractivity contribution >= 4 is 27.2 Å². The topological polar surface area (TPSA) is 120 Å². The number of nitrogens with zero attached hydrogens (tertiary/aromatic N) is 5. The molecule has 0 aliphatic heterocycles. The molecule has 0 bridgehead atoms. The zero-order valence-corrected chi connectivity index (χ0v) is 14.2. The standard InChI is InChI=1S/C14H11N5O4S2/c20-19(21)12-7-4-8-13(9-12)25(22,23)15-14-18(16-17-24-14)10-11-5-2-1-3-6-11/h1-9H,10H2/b15-14-. The molecule has 0 atom stereocenters. The molecule has 0 aliphatic rings. The van der Waals surface area contributed by atoms with Gasteiger partial charge in [-0.05, 0) is 11.6 Å². The number of sulfonamides is 1. The average Bonchev–Trinajstić information content (AvgIpc) is 3.02. The Morgan fingerprint density at radius 2 is 1.92 bits per heavy atom. The van der Waals surface area contributed by atoms with Crippen LogP contribution in [0.4, 0.5) is 5.69 Å². The fraction of sp³-hybridized carbons (Fsp3) is 0.0714. The Morgan fingerprint density at radius 1 is 1.16 bits per heavy atom. The van der Waals surface area contributed by atoms with E-state index in [1.807, 2.05) is 30.3 Å². The first kappa shape index (κ1) is 16.9. The second-order valence-electron chi connectivity index (χ2n) is 4.91. The van der Waals surface area contributed by atoms with E-state index in [0.29, 0.717) is 6.54 Å². The maximum absolute atomic E-state index is 12.4. The molecule has 128 valence electrons. The largest absolute Gasteiger partial charge is 0.285 e. The number of hydrogen-bond acceptors (Lipinski definition) is 7. The van der Waals surface area contributed by atoms with Crippen molar-refractivity contribution in [2.24, 2.45) is 4.40 Å². The van der Waals surface area contributed by atoms with Gasteiger partial charge >= 0.3 is 0 Å². The molecule has 0 unspecified atom stereocenters. The summed E-state index contributed by atoms with van der Waals surface area (Å²) in [5, 5.41) is 14.7. The number of non-ortho nitro benzene ring substituents is 1. The van der Waals surface area contributed by atoms with Gasteiger partial charge in [0, 0.05) is 23.7 Å². The van der Waals surface area contributed by atoms with Gasteiger partial charge in [0.2, 0.25) is 4.80 Å². The van der Waals surface area contributed by atoms with E-state index in [9.17, 15) is 18.5 Å². The summed E-state index contributed by atoms with van der Waals surface area (Å²) in [6, 6.07) is 14.0. The van der Waals surface area contributed by atoms with Crippen molar-refractivity contribution in [2.75, 3.05) is 0 Å². The van der Waals surface area contributed by atoms with Crippen LogP contribution < -0.4 is 4.80 Å². The molecule has 9 nitrogen and oxygen atoms in total. The van der Waals surface area contributed by atoms with Crippen LogP contribution in [0, 0.1) is 10.1 Å². The summed E-state index contributed by atoms with van der Waals surface area (Å²) < 4.78 is 33.7. The van der Waals surface area contributed by atoms with Crippen LogP contribution in [0.25, 0.3) is 0 Å². The van der Waals surface area contributed by atoms with Crippen molar-refractivity contribution in [1.29, 1.82) is 0 Å². The third kappa shape index (κ3) is 3.95. The Morgan fingerprint density at radius 3 is 2.64 bits per heavy atom. The molecule has 0 radical (unpaired) electrons. The van der Waals surface area contributed by atoms with Crippen molar-refractivity contribution in [2.45, 2.75) is 11.4 Å². The third-order valence-corrected chi connectivity index (χ3v) is 5.19. The van der Waals surface area contributed by atoms with E-state index in [4.69, 9.17) is 0 Å². The molecule has 0 spiro atoms. The number of nitro groups is 1. The van der Waals surface area contributed by atoms with Crippen LogP contribution in [0.5, 0.6) is 0 Å². The first-order chi connectivity index (χ1) is 12.0. The van der Waals surface area contributed by atoms with Gasteiger partial charge in [0.25, 0.3) is 15.7 Å². The highest BCUT2D eigenvalue weighted by atomic mass is 32.2. The van der Waals surface area contributed by atoms with Crippen molar-refractivity contribution in [3.05, 3.63) is 75.1 Å². The van der Waals surface area contributed by atoms with Crippen molar-refractivity contribution in [3.8, 4) is 0 Å². The lowest BCUT2D eigenvalue weighted by atomic mass is 10.2. The van der Waals surface area contributed by atoms with Crippen LogP contribution in [0.1, 0.15) is 5.56 Å². The van der Waals surface area contributed by atoms with Gasteiger partial charge in [-0.15, -0.1) is 4.40 Å². The van der Waals surface area contributed by atoms with E-state index in [1.165, 1.54) is 22.9 Å². The molecule has 1 heterocycles. The molecule has 3 rings (SSSR count). The second-order valence-corrected chi connectivity index (χ2v) is 7.22. The summed E-state index contributed by atoms with van der Waals surface area (Å²) in [7, 11) is -4.12. The van der Waals surface area contributed by atoms with Crippen LogP contribution in [0.15, 0.2) is 63.9 Å². The minimum Gasteiger partial charge on any atom is -0.258 e. The van der Waals surface area contributed by atoms with E-state index < -0.39 is 14.9 Å². The first-order valence-corrected chi connectivity index (χ1v) is 9.16. The molecule has 0 saturated heterocycles. The Labute approximate surface area is 146 Å². The van der Waals surface area contributed by atoms with Crippen molar-refractivity contribution < 1.29 is 13.3 Å². The van der Waals surface area contributed by atoms with E-state index >= 15 is 0 Å². The van der Waals surface area contributed by atoms with Crippen LogP contribution in [-0.4, -0.2) is 27.7 Å². The third-order valence-electron chi connectivity index (χ3n) is 3.19. The lowest BCUT2D eigenvalue weighted by Crippen LogP contribution is -2.19. The number of benzene rings is 2. The average molecular weight is 377 g/mol. The highest BCUT2D eigenvalue weighted by Crippen LogP contribution is 2.18. The SMILES string of the molecule is O=[N+]([O-])c1cccc(S(=O)(=O)/N=c2\snnn2Cc2ccccc2)c1. The lowest BCUT2D eigenvalue weighted by Gasteiger charge is -2.01. The molecule has 0 saturated carbocycles. The van der Waals surface area contributed by atoms with Gasteiger partial charge in [-0.25, -0.2) is 4.68 Å². The predicted molar refractivity (Wildman–Crippen MR) is 89.3 cm³/mol. The van der Waals surface area contributed by atoms with Crippen molar-refractivity contribution in [3.63, 3.8) is 0 Å². The Bertz CT molecular complexity index is 1070. The highest BCUT2D eigenvalue weighted by Gasteiger charge is 2.17. The number of rotatable bonds is 5. The molecule has 25 heavy (non-hydrogen) atoms. The molecule has 3 aromatic rings. The Balaban J connectivity index is 1.99. The highest BCUT2D eigenvalue weighted by molar-refractivity contribution is 7.90. The molecule has 0 amide bonds. The van der Waals surface area contributed by atoms with Crippen LogP contribution in [0.3, 0.4) is 0 Å². The zero-order chi connectivity index (χ0) is 17.9.